The summed E-state index contributed by atoms with van der Waals surface area (Å²) in [5, 5.41) is 98.8. The van der Waals surface area contributed by atoms with Crippen molar-refractivity contribution in [1.29, 1.82) is 0 Å². The number of amides is 1. The maximum atomic E-state index is 14.1. The lowest BCUT2D eigenvalue weighted by Gasteiger charge is -2.46. The topological polar surface area (TPSA) is 359 Å². The summed E-state index contributed by atoms with van der Waals surface area (Å²) in [5.41, 5.74) is -0.182. The van der Waals surface area contributed by atoms with Crippen molar-refractivity contribution >= 4 is 28.8 Å². The number of ether oxygens (including phenoxy) is 9. The molecule has 0 spiro atoms. The van der Waals surface area contributed by atoms with Crippen molar-refractivity contribution in [2.75, 3.05) is 33.0 Å². The van der Waals surface area contributed by atoms with E-state index in [1.54, 1.807) is 62.4 Å². The number of aliphatic hydroxyl groups is 8. The van der Waals surface area contributed by atoms with Crippen LogP contribution in [0.25, 0.3) is 11.0 Å². The quantitative estimate of drug-likeness (QED) is 0.0209. The number of hydrogen-bond donors (Lipinski definition) is 10. The second-order valence-corrected chi connectivity index (χ2v) is 19.0. The molecular weight excluding hydrogens is 995 g/mol. The number of carboxylic acids is 1. The molecule has 6 rings (SSSR count). The van der Waals surface area contributed by atoms with Crippen LogP contribution < -0.4 is 10.9 Å². The predicted molar refractivity (Wildman–Crippen MR) is 257 cm³/mol. The summed E-state index contributed by atoms with van der Waals surface area (Å²) in [7, 11) is 0. The van der Waals surface area contributed by atoms with Crippen LogP contribution in [0, 0.1) is 11.8 Å². The summed E-state index contributed by atoms with van der Waals surface area (Å²) >= 11 is 0. The monoisotopic (exact) mass is 1070 g/mol. The third kappa shape index (κ3) is 15.3. The number of carboxylic acid groups (broad SMARTS) is 1. The number of rotatable bonds is 26. The Bertz CT molecular complexity index is 2320. The normalized spacial score (nSPS) is 31.2. The molecule has 3 aliphatic rings. The Morgan fingerprint density at radius 3 is 2.21 bits per heavy atom. The summed E-state index contributed by atoms with van der Waals surface area (Å²) in [6.45, 7) is 3.28. The molecule has 1 aliphatic carbocycles. The molecule has 24 nitrogen and oxygen atoms in total. The van der Waals surface area contributed by atoms with Gasteiger partial charge in [0, 0.05) is 17.8 Å². The van der Waals surface area contributed by atoms with Crippen LogP contribution in [0.3, 0.4) is 0 Å². The van der Waals surface area contributed by atoms with E-state index >= 15 is 0 Å². The Labute approximate surface area is 431 Å². The lowest BCUT2D eigenvalue weighted by Crippen LogP contribution is -2.60. The zero-order valence-electron chi connectivity index (χ0n) is 42.1. The molecule has 19 atom stereocenters. The fourth-order valence-electron chi connectivity index (χ4n) is 9.23. The van der Waals surface area contributed by atoms with Crippen LogP contribution in [0.15, 0.2) is 69.9 Å². The van der Waals surface area contributed by atoms with Gasteiger partial charge >= 0.3 is 17.6 Å². The maximum absolute atomic E-state index is 14.1. The minimum Gasteiger partial charge on any atom is -0.479 e. The van der Waals surface area contributed by atoms with E-state index in [0.29, 0.717) is 17.4 Å². The molecule has 418 valence electrons. The first-order valence-electron chi connectivity index (χ1n) is 25.1. The molecule has 75 heavy (non-hydrogen) atoms. The molecule has 0 radical (unpaired) electrons. The summed E-state index contributed by atoms with van der Waals surface area (Å²) in [6, 6.07) is 16.1. The fourth-order valence-corrected chi connectivity index (χ4v) is 9.23. The number of esters is 1. The van der Waals surface area contributed by atoms with Crippen molar-refractivity contribution in [3.05, 3.63) is 82.2 Å². The highest BCUT2D eigenvalue weighted by atomic mass is 16.7. The van der Waals surface area contributed by atoms with Gasteiger partial charge in [0.05, 0.1) is 68.6 Å². The summed E-state index contributed by atoms with van der Waals surface area (Å²) in [4.78, 5) is 52.9. The molecule has 2 aliphatic heterocycles. The standard InChI is InChI=1S/C51H71NO23/c1-5-11-33(46(62)63)70-36(23-55)43(74-47(64)28-12-7-6-8-13-28)51(68-26(3)21-53)72-34-20-30(18-25(2)42(34)75-50-40(59)39(58)37(56)27(4)69-50)45(61)52-16-17-66-49-41(60)44(38(57)35(22-54)73-49)67-24-31-19-29-14-9-10-15-32(29)71-48(31)65/h6-10,12-15,19,25-27,30,33-44,49-51,53-60H,5,11,16-18,20-24H2,1-4H3,(H,52,61)(H,62,63)/t25?,26-,27?,30?,33+,34-,35?,36?,37-,38-,39?,40?,41?,42?,43?,44?,49+,50+,51+/m1/s1. The number of aliphatic carboxylic acids is 1. The summed E-state index contributed by atoms with van der Waals surface area (Å²) < 4.78 is 59.4. The molecule has 10 N–H and O–H groups in total. The second kappa shape index (κ2) is 28.2. The molecule has 3 fully saturated rings. The molecule has 3 heterocycles. The third-order valence-corrected chi connectivity index (χ3v) is 13.4. The van der Waals surface area contributed by atoms with Gasteiger partial charge in [-0.3, -0.25) is 4.79 Å². The molecule has 1 amide bonds. The molecule has 1 saturated carbocycles. The number of carbonyl (C=O) groups is 3. The lowest BCUT2D eigenvalue weighted by atomic mass is 9.77. The largest absolute Gasteiger partial charge is 0.479 e. The zero-order chi connectivity index (χ0) is 54.5. The Morgan fingerprint density at radius 2 is 1.53 bits per heavy atom. The number of benzene rings is 2. The van der Waals surface area contributed by atoms with Crippen LogP contribution in [0.2, 0.25) is 0 Å². The number of nitrogens with one attached hydrogen (secondary N) is 1. The lowest BCUT2D eigenvalue weighted by molar-refractivity contribution is -0.332. The maximum Gasteiger partial charge on any atom is 0.341 e. The minimum absolute atomic E-state index is 0.00518. The highest BCUT2D eigenvalue weighted by Crippen LogP contribution is 2.38. The third-order valence-electron chi connectivity index (χ3n) is 13.4. The van der Waals surface area contributed by atoms with Crippen molar-refractivity contribution in [3.63, 3.8) is 0 Å². The van der Waals surface area contributed by atoms with Crippen LogP contribution in [0.4, 0.5) is 0 Å². The van der Waals surface area contributed by atoms with Gasteiger partial charge in [-0.25, -0.2) is 14.4 Å². The second-order valence-electron chi connectivity index (χ2n) is 19.0. The van der Waals surface area contributed by atoms with Crippen LogP contribution in [0.5, 0.6) is 0 Å². The Kier molecular flexibility index (Phi) is 22.4. The first-order chi connectivity index (χ1) is 35.9. The van der Waals surface area contributed by atoms with Crippen LogP contribution >= 0.6 is 0 Å². The van der Waals surface area contributed by atoms with E-state index in [9.17, 15) is 65.1 Å². The summed E-state index contributed by atoms with van der Waals surface area (Å²) in [6.07, 6.45) is -24.7. The van der Waals surface area contributed by atoms with Gasteiger partial charge in [-0.2, -0.15) is 0 Å². The molecule has 1 aromatic heterocycles. The van der Waals surface area contributed by atoms with E-state index in [2.05, 4.69) is 5.32 Å². The van der Waals surface area contributed by atoms with Gasteiger partial charge in [0.15, 0.2) is 31.1 Å². The van der Waals surface area contributed by atoms with E-state index in [1.165, 1.54) is 26.0 Å². The fraction of sp³-hybridized carbons (Fsp3) is 0.647. The zero-order valence-corrected chi connectivity index (χ0v) is 42.1. The van der Waals surface area contributed by atoms with Crippen LogP contribution in [-0.4, -0.2) is 201 Å². The Balaban J connectivity index is 1.21. The first kappa shape index (κ1) is 59.7. The van der Waals surface area contributed by atoms with Gasteiger partial charge in [-0.05, 0) is 63.3 Å². The van der Waals surface area contributed by atoms with Gasteiger partial charge in [0.2, 0.25) is 5.91 Å². The van der Waals surface area contributed by atoms with Crippen LogP contribution in [0.1, 0.15) is 69.3 Å². The summed E-state index contributed by atoms with van der Waals surface area (Å²) in [5.74, 6) is -4.39. The smallest absolute Gasteiger partial charge is 0.341 e. The first-order valence-corrected chi connectivity index (χ1v) is 25.1. The predicted octanol–water partition coefficient (Wildman–Crippen LogP) is -0.526. The van der Waals surface area contributed by atoms with Gasteiger partial charge in [0.25, 0.3) is 0 Å². The van der Waals surface area contributed by atoms with Crippen molar-refractivity contribution in [3.8, 4) is 0 Å². The van der Waals surface area contributed by atoms with E-state index in [0.717, 1.165) is 0 Å². The molecule has 2 aromatic carbocycles. The molecular formula is C51H71NO23. The Hall–Kier alpha value is -4.58. The average Bonchev–Trinajstić information content (AvgIpc) is 3.40. The van der Waals surface area contributed by atoms with Crippen molar-refractivity contribution < 1.29 is 107 Å². The number of para-hydroxylation sites is 1. The SMILES string of the molecule is CCC[C@H](OC(CO)C(OC(=O)c1ccccc1)[C@@H](O[C@H](C)CO)O[C@@H]1CC(C(=O)NCCO[C@H]2OC(CO)[C@@H](O)C(OCc3cc4ccccc4oc3=O)C2O)CC(C)C1O[C@@H]1OC(C)[C@@H](O)C(O)C1O)C(=O)O. The molecule has 0 bridgehead atoms. The number of aliphatic hydroxyl groups excluding tert-OH is 8. The highest BCUT2D eigenvalue weighted by Gasteiger charge is 2.50. The Morgan fingerprint density at radius 1 is 0.813 bits per heavy atom. The van der Waals surface area contributed by atoms with E-state index < -0.39 is 159 Å². The van der Waals surface area contributed by atoms with Gasteiger partial charge in [0.1, 0.15) is 54.4 Å². The number of carbonyl (C=O) groups excluding carboxylic acids is 2. The van der Waals surface area contributed by atoms with Crippen LogP contribution in [-0.2, 0) is 58.8 Å². The van der Waals surface area contributed by atoms with E-state index in [4.69, 9.17) is 47.0 Å². The number of hydrogen-bond acceptors (Lipinski definition) is 22. The van der Waals surface area contributed by atoms with E-state index in [1.807, 2.05) is 0 Å². The molecule has 24 heteroatoms. The molecule has 2 saturated heterocycles. The van der Waals surface area contributed by atoms with Gasteiger partial charge < -0.3 is 98.3 Å². The molecule has 11 unspecified atom stereocenters. The number of fused-ring (bicyclic) bond motifs is 1. The highest BCUT2D eigenvalue weighted by molar-refractivity contribution is 5.89. The van der Waals surface area contributed by atoms with Gasteiger partial charge in [-0.1, -0.05) is 56.7 Å². The van der Waals surface area contributed by atoms with E-state index in [-0.39, 0.29) is 50.1 Å². The van der Waals surface area contributed by atoms with Gasteiger partial charge in [-0.15, -0.1) is 0 Å². The molecule has 3 aromatic rings. The van der Waals surface area contributed by atoms with Crippen molar-refractivity contribution in [2.24, 2.45) is 11.8 Å². The van der Waals surface area contributed by atoms with Crippen molar-refractivity contribution in [2.45, 2.75) is 164 Å². The average molecular weight is 1070 g/mol. The minimum atomic E-state index is -1.80. The van der Waals surface area contributed by atoms with Crippen molar-refractivity contribution in [1.82, 2.24) is 5.32 Å².